The fourth-order valence-corrected chi connectivity index (χ4v) is 2.50. The Morgan fingerprint density at radius 1 is 1.06 bits per heavy atom. The zero-order valence-electron chi connectivity index (χ0n) is 17.5. The van der Waals surface area contributed by atoms with E-state index in [4.69, 9.17) is 15.6 Å². The Balaban J connectivity index is 2.59. The maximum absolute atomic E-state index is 12.2. The van der Waals surface area contributed by atoms with Crippen LogP contribution in [-0.4, -0.2) is 71.9 Å². The molecule has 0 saturated carbocycles. The Morgan fingerprint density at radius 2 is 1.71 bits per heavy atom. The van der Waals surface area contributed by atoms with E-state index in [1.165, 1.54) is 4.90 Å². The van der Waals surface area contributed by atoms with Crippen molar-refractivity contribution in [2.45, 2.75) is 26.5 Å². The van der Waals surface area contributed by atoms with Gasteiger partial charge < -0.3 is 31.1 Å². The minimum atomic E-state index is -1.23. The van der Waals surface area contributed by atoms with Gasteiger partial charge in [0, 0.05) is 6.54 Å². The first-order valence-corrected chi connectivity index (χ1v) is 9.61. The van der Waals surface area contributed by atoms with E-state index in [2.05, 4.69) is 10.6 Å². The molecule has 0 spiro atoms. The van der Waals surface area contributed by atoms with Crippen molar-refractivity contribution >= 4 is 29.7 Å². The number of aliphatic carboxylic acids is 1. The molecular formula is C20H28N4O7. The molecule has 0 aromatic heterocycles. The summed E-state index contributed by atoms with van der Waals surface area (Å²) < 4.78 is 5.07. The van der Waals surface area contributed by atoms with Crippen molar-refractivity contribution in [1.29, 1.82) is 0 Å². The largest absolute Gasteiger partial charge is 0.480 e. The van der Waals surface area contributed by atoms with Gasteiger partial charge in [-0.15, -0.1) is 0 Å². The summed E-state index contributed by atoms with van der Waals surface area (Å²) in [4.78, 5) is 60.1. The molecule has 0 aliphatic heterocycles. The Bertz CT molecular complexity index is 783. The number of nitrogens with two attached hydrogens (primary N) is 1. The lowest BCUT2D eigenvalue weighted by molar-refractivity contribution is -0.158. The monoisotopic (exact) mass is 436 g/mol. The molecule has 11 heteroatoms. The predicted octanol–water partition coefficient (Wildman–Crippen LogP) is -1.14. The first-order chi connectivity index (χ1) is 14.6. The first kappa shape index (κ1) is 25.6. The number of nitrogens with zero attached hydrogens (tertiary/aromatic N) is 1. The molecule has 5 N–H and O–H groups in total. The predicted molar refractivity (Wildman–Crippen MR) is 109 cm³/mol. The maximum Gasteiger partial charge on any atom is 0.326 e. The third-order valence-electron chi connectivity index (χ3n) is 4.04. The highest BCUT2D eigenvalue weighted by atomic mass is 16.5. The van der Waals surface area contributed by atoms with E-state index < -0.39 is 54.8 Å². The molecule has 1 atom stereocenters. The van der Waals surface area contributed by atoms with Crippen LogP contribution in [0.1, 0.15) is 19.4 Å². The number of amides is 3. The van der Waals surface area contributed by atoms with Crippen molar-refractivity contribution in [3.05, 3.63) is 35.9 Å². The minimum absolute atomic E-state index is 0.175. The van der Waals surface area contributed by atoms with Gasteiger partial charge >= 0.3 is 11.9 Å². The number of esters is 1. The molecule has 1 rings (SSSR count). The highest BCUT2D eigenvalue weighted by Crippen LogP contribution is 2.07. The van der Waals surface area contributed by atoms with Crippen LogP contribution in [0.5, 0.6) is 0 Å². The van der Waals surface area contributed by atoms with Gasteiger partial charge in [-0.05, 0) is 11.5 Å². The van der Waals surface area contributed by atoms with Crippen LogP contribution in [-0.2, 0) is 35.3 Å². The van der Waals surface area contributed by atoms with E-state index in [9.17, 15) is 24.0 Å². The standard InChI is InChI=1S/C20H28N4O7/c1-13(2)19(20(30)23-9-17(27)28)31-18(29)10-22-15(25)12-24(16(26)8-21)11-14-6-4-3-5-7-14/h3-7,13,19H,8-12,21H2,1-2H3,(H,22,25)(H,23,30)(H,27,28). The minimum Gasteiger partial charge on any atom is -0.480 e. The fourth-order valence-electron chi connectivity index (χ4n) is 2.50. The molecule has 1 unspecified atom stereocenters. The van der Waals surface area contributed by atoms with Crippen LogP contribution < -0.4 is 16.4 Å². The van der Waals surface area contributed by atoms with Gasteiger partial charge in [0.1, 0.15) is 13.1 Å². The average molecular weight is 436 g/mol. The van der Waals surface area contributed by atoms with E-state index in [0.29, 0.717) is 0 Å². The third-order valence-corrected chi connectivity index (χ3v) is 4.04. The quantitative estimate of drug-likeness (QED) is 0.298. The topological polar surface area (TPSA) is 168 Å². The molecule has 1 aromatic rings. The van der Waals surface area contributed by atoms with Crippen molar-refractivity contribution < 1.29 is 33.8 Å². The summed E-state index contributed by atoms with van der Waals surface area (Å²) in [5.41, 5.74) is 6.22. The van der Waals surface area contributed by atoms with Gasteiger partial charge in [-0.2, -0.15) is 0 Å². The normalized spacial score (nSPS) is 11.4. The number of benzene rings is 1. The number of carboxylic acids is 1. The molecule has 0 bridgehead atoms. The molecular weight excluding hydrogens is 408 g/mol. The van der Waals surface area contributed by atoms with Crippen LogP contribution in [0.25, 0.3) is 0 Å². The molecule has 0 heterocycles. The SMILES string of the molecule is CC(C)C(OC(=O)CNC(=O)CN(Cc1ccccc1)C(=O)CN)C(=O)NCC(=O)O. The van der Waals surface area contributed by atoms with E-state index in [-0.39, 0.29) is 19.6 Å². The first-order valence-electron chi connectivity index (χ1n) is 9.61. The summed E-state index contributed by atoms with van der Waals surface area (Å²) in [5, 5.41) is 13.1. The maximum atomic E-state index is 12.2. The van der Waals surface area contributed by atoms with Crippen LogP contribution in [0.15, 0.2) is 30.3 Å². The summed E-state index contributed by atoms with van der Waals surface area (Å²) in [6, 6.07) is 9.02. The number of ether oxygens (including phenoxy) is 1. The third kappa shape index (κ3) is 9.72. The van der Waals surface area contributed by atoms with Gasteiger partial charge in [-0.1, -0.05) is 44.2 Å². The van der Waals surface area contributed by atoms with E-state index in [1.54, 1.807) is 38.1 Å². The van der Waals surface area contributed by atoms with Crippen LogP contribution in [0.4, 0.5) is 0 Å². The van der Waals surface area contributed by atoms with Crippen molar-refractivity contribution in [3.63, 3.8) is 0 Å². The smallest absolute Gasteiger partial charge is 0.326 e. The van der Waals surface area contributed by atoms with Crippen LogP contribution >= 0.6 is 0 Å². The molecule has 31 heavy (non-hydrogen) atoms. The second-order valence-corrected chi connectivity index (χ2v) is 6.98. The molecule has 0 aliphatic rings. The molecule has 11 nitrogen and oxygen atoms in total. The number of carboxylic acid groups (broad SMARTS) is 1. The zero-order chi connectivity index (χ0) is 23.4. The number of carbonyl (C=O) groups excluding carboxylic acids is 4. The summed E-state index contributed by atoms with van der Waals surface area (Å²) in [6.45, 7) is 1.70. The number of rotatable bonds is 12. The lowest BCUT2D eigenvalue weighted by Gasteiger charge is -2.22. The van der Waals surface area contributed by atoms with E-state index >= 15 is 0 Å². The van der Waals surface area contributed by atoms with Crippen molar-refractivity contribution in [2.24, 2.45) is 11.7 Å². The van der Waals surface area contributed by atoms with Crippen molar-refractivity contribution in [3.8, 4) is 0 Å². The summed E-state index contributed by atoms with van der Waals surface area (Å²) in [6.07, 6.45) is -1.21. The van der Waals surface area contributed by atoms with Crippen LogP contribution in [0.2, 0.25) is 0 Å². The van der Waals surface area contributed by atoms with Gasteiger partial charge in [-0.25, -0.2) is 0 Å². The van der Waals surface area contributed by atoms with Gasteiger partial charge in [0.25, 0.3) is 5.91 Å². The Kier molecular flexibility index (Phi) is 10.7. The summed E-state index contributed by atoms with van der Waals surface area (Å²) >= 11 is 0. The van der Waals surface area contributed by atoms with E-state index in [1.807, 2.05) is 6.07 Å². The molecule has 1 aromatic carbocycles. The van der Waals surface area contributed by atoms with Gasteiger partial charge in [0.2, 0.25) is 11.8 Å². The number of hydrogen-bond acceptors (Lipinski definition) is 7. The molecule has 0 fully saturated rings. The lowest BCUT2D eigenvalue weighted by Crippen LogP contribution is -2.46. The summed E-state index contributed by atoms with van der Waals surface area (Å²) in [5.74, 6) is -4.32. The second kappa shape index (κ2) is 13.0. The number of hydrogen-bond donors (Lipinski definition) is 4. The van der Waals surface area contributed by atoms with Crippen LogP contribution in [0.3, 0.4) is 0 Å². The number of carbonyl (C=O) groups is 5. The fraction of sp³-hybridized carbons (Fsp3) is 0.450. The highest BCUT2D eigenvalue weighted by Gasteiger charge is 2.27. The molecule has 0 saturated heterocycles. The van der Waals surface area contributed by atoms with Crippen molar-refractivity contribution in [2.75, 3.05) is 26.2 Å². The molecule has 0 aliphatic carbocycles. The highest BCUT2D eigenvalue weighted by molar-refractivity contribution is 5.89. The summed E-state index contributed by atoms with van der Waals surface area (Å²) in [7, 11) is 0. The van der Waals surface area contributed by atoms with Crippen LogP contribution in [0, 0.1) is 5.92 Å². The van der Waals surface area contributed by atoms with Crippen molar-refractivity contribution in [1.82, 2.24) is 15.5 Å². The molecule has 170 valence electrons. The lowest BCUT2D eigenvalue weighted by atomic mass is 10.1. The van der Waals surface area contributed by atoms with E-state index in [0.717, 1.165) is 5.56 Å². The number of nitrogens with one attached hydrogen (secondary N) is 2. The Morgan fingerprint density at radius 3 is 2.26 bits per heavy atom. The second-order valence-electron chi connectivity index (χ2n) is 6.98. The van der Waals surface area contributed by atoms with Gasteiger partial charge in [-0.3, -0.25) is 24.0 Å². The molecule has 3 amide bonds. The van der Waals surface area contributed by atoms with Gasteiger partial charge in [0.15, 0.2) is 6.10 Å². The zero-order valence-corrected chi connectivity index (χ0v) is 17.5. The van der Waals surface area contributed by atoms with Gasteiger partial charge in [0.05, 0.1) is 13.1 Å². The molecule has 0 radical (unpaired) electrons. The Labute approximate surface area is 179 Å². The average Bonchev–Trinajstić information content (AvgIpc) is 2.73. The Hall–Kier alpha value is -3.47.